The van der Waals surface area contributed by atoms with E-state index in [-0.39, 0.29) is 30.6 Å². The van der Waals surface area contributed by atoms with Gasteiger partial charge in [0.25, 0.3) is 0 Å². The molecule has 1 aromatic rings. The zero-order chi connectivity index (χ0) is 20.9. The molecule has 166 valence electrons. The highest BCUT2D eigenvalue weighted by atomic mass is 16.2. The third kappa shape index (κ3) is 5.38. The van der Waals surface area contributed by atoms with E-state index >= 15 is 0 Å². The lowest BCUT2D eigenvalue weighted by Crippen LogP contribution is -2.54. The summed E-state index contributed by atoms with van der Waals surface area (Å²) in [4.78, 5) is 30.6. The largest absolute Gasteiger partial charge is 0.353 e. The molecular weight excluding hydrogens is 376 g/mol. The molecule has 3 saturated carbocycles. The Bertz CT molecular complexity index is 715. The van der Waals surface area contributed by atoms with Crippen molar-refractivity contribution in [1.82, 2.24) is 19.7 Å². The van der Waals surface area contributed by atoms with Crippen LogP contribution in [0.4, 0.5) is 4.79 Å². The number of rotatable bonds is 7. The van der Waals surface area contributed by atoms with E-state index < -0.39 is 0 Å². The highest BCUT2D eigenvalue weighted by molar-refractivity contribution is 5.85. The molecule has 0 radical (unpaired) electrons. The minimum Gasteiger partial charge on any atom is -0.353 e. The van der Waals surface area contributed by atoms with Crippen molar-refractivity contribution >= 4 is 11.9 Å². The maximum absolute atomic E-state index is 13.4. The van der Waals surface area contributed by atoms with Crippen molar-refractivity contribution in [3.8, 4) is 0 Å². The first kappa shape index (κ1) is 21.3. The predicted octanol–water partition coefficient (Wildman–Crippen LogP) is 4.19. The number of nitrogens with zero attached hydrogens (tertiary/aromatic N) is 3. The van der Waals surface area contributed by atoms with E-state index in [1.807, 2.05) is 29.1 Å². The van der Waals surface area contributed by atoms with Gasteiger partial charge >= 0.3 is 6.03 Å². The average Bonchev–Trinajstić information content (AvgIpc) is 3.53. The summed E-state index contributed by atoms with van der Waals surface area (Å²) in [6, 6.07) is 4.89. The SMILES string of the molecule is Cn1cccc1CN(C(=O)CN(C(=O)NC1CCCCC1)C1CCCCC1)C1CC1. The number of carbonyl (C=O) groups is 2. The number of aromatic nitrogens is 1. The van der Waals surface area contributed by atoms with E-state index in [9.17, 15) is 9.59 Å². The van der Waals surface area contributed by atoms with Crippen molar-refractivity contribution in [2.45, 2.75) is 102 Å². The fraction of sp³-hybridized carbons (Fsp3) is 0.750. The van der Waals surface area contributed by atoms with Gasteiger partial charge in [0, 0.05) is 37.1 Å². The van der Waals surface area contributed by atoms with Gasteiger partial charge in [0.1, 0.15) is 6.54 Å². The van der Waals surface area contributed by atoms with E-state index in [0.717, 1.165) is 57.1 Å². The maximum atomic E-state index is 13.4. The van der Waals surface area contributed by atoms with Crippen LogP contribution in [-0.2, 0) is 18.4 Å². The first-order valence-electron chi connectivity index (χ1n) is 12.1. The number of nitrogens with one attached hydrogen (secondary N) is 1. The standard InChI is InChI=1S/C24H38N4O2/c1-26-16-8-13-22(26)17-27(21-14-15-21)23(29)18-28(20-11-6-3-7-12-20)24(30)25-19-9-4-2-5-10-19/h8,13,16,19-21H,2-7,9-12,14-15,17-18H2,1H3,(H,25,30). The summed E-state index contributed by atoms with van der Waals surface area (Å²) in [5.74, 6) is 0.100. The molecule has 0 aromatic carbocycles. The smallest absolute Gasteiger partial charge is 0.318 e. The second kappa shape index (κ2) is 9.88. The predicted molar refractivity (Wildman–Crippen MR) is 118 cm³/mol. The molecule has 1 N–H and O–H groups in total. The Hall–Kier alpha value is -1.98. The molecule has 0 aliphatic heterocycles. The number of hydrogen-bond acceptors (Lipinski definition) is 2. The van der Waals surface area contributed by atoms with Gasteiger partial charge in [-0.25, -0.2) is 4.79 Å². The van der Waals surface area contributed by atoms with Crippen LogP contribution in [0.2, 0.25) is 0 Å². The lowest BCUT2D eigenvalue weighted by Gasteiger charge is -2.37. The molecule has 3 fully saturated rings. The first-order chi connectivity index (χ1) is 14.6. The van der Waals surface area contributed by atoms with Crippen LogP contribution < -0.4 is 5.32 Å². The zero-order valence-electron chi connectivity index (χ0n) is 18.5. The second-order valence-corrected chi connectivity index (χ2v) is 9.57. The van der Waals surface area contributed by atoms with Crippen molar-refractivity contribution in [1.29, 1.82) is 0 Å². The van der Waals surface area contributed by atoms with E-state index in [4.69, 9.17) is 0 Å². The molecule has 4 rings (SSSR count). The molecule has 1 aromatic heterocycles. The Morgan fingerprint density at radius 3 is 2.17 bits per heavy atom. The molecule has 0 spiro atoms. The second-order valence-electron chi connectivity index (χ2n) is 9.57. The third-order valence-corrected chi connectivity index (χ3v) is 7.21. The molecular formula is C24H38N4O2. The topological polar surface area (TPSA) is 57.6 Å². The van der Waals surface area contributed by atoms with E-state index in [1.54, 1.807) is 0 Å². The first-order valence-corrected chi connectivity index (χ1v) is 12.1. The van der Waals surface area contributed by atoms with Crippen molar-refractivity contribution in [2.75, 3.05) is 6.54 Å². The monoisotopic (exact) mass is 414 g/mol. The van der Waals surface area contributed by atoms with Gasteiger partial charge < -0.3 is 19.7 Å². The normalized spacial score (nSPS) is 20.7. The van der Waals surface area contributed by atoms with Crippen LogP contribution in [-0.4, -0.2) is 51.0 Å². The van der Waals surface area contributed by atoms with Gasteiger partial charge in [-0.3, -0.25) is 4.79 Å². The molecule has 1 heterocycles. The number of carbonyl (C=O) groups excluding carboxylic acids is 2. The third-order valence-electron chi connectivity index (χ3n) is 7.21. The van der Waals surface area contributed by atoms with Crippen LogP contribution in [0.5, 0.6) is 0 Å². The number of hydrogen-bond donors (Lipinski definition) is 1. The van der Waals surface area contributed by atoms with Crippen LogP contribution >= 0.6 is 0 Å². The fourth-order valence-electron chi connectivity index (χ4n) is 5.14. The molecule has 0 atom stereocenters. The summed E-state index contributed by atoms with van der Waals surface area (Å²) in [6.45, 7) is 0.847. The van der Waals surface area contributed by atoms with Crippen LogP contribution in [0.1, 0.15) is 82.7 Å². The van der Waals surface area contributed by atoms with Gasteiger partial charge in [-0.1, -0.05) is 38.5 Å². The number of amides is 3. The highest BCUT2D eigenvalue weighted by Crippen LogP contribution is 2.30. The van der Waals surface area contributed by atoms with Gasteiger partial charge in [-0.05, 0) is 50.7 Å². The van der Waals surface area contributed by atoms with Crippen LogP contribution in [0.3, 0.4) is 0 Å². The molecule has 0 bridgehead atoms. The molecule has 0 saturated heterocycles. The molecule has 3 aliphatic rings. The summed E-state index contributed by atoms with van der Waals surface area (Å²) in [5, 5.41) is 3.27. The summed E-state index contributed by atoms with van der Waals surface area (Å²) in [7, 11) is 2.02. The molecule has 0 unspecified atom stereocenters. The fourth-order valence-corrected chi connectivity index (χ4v) is 5.14. The summed E-state index contributed by atoms with van der Waals surface area (Å²) in [5.41, 5.74) is 1.14. The summed E-state index contributed by atoms with van der Waals surface area (Å²) in [6.07, 6.45) is 15.6. The van der Waals surface area contributed by atoms with Gasteiger partial charge in [0.15, 0.2) is 0 Å². The number of urea groups is 1. The minimum absolute atomic E-state index is 0.0169. The maximum Gasteiger partial charge on any atom is 0.318 e. The molecule has 6 nitrogen and oxygen atoms in total. The van der Waals surface area contributed by atoms with Crippen LogP contribution in [0.25, 0.3) is 0 Å². The summed E-state index contributed by atoms with van der Waals surface area (Å²) < 4.78 is 2.08. The van der Waals surface area contributed by atoms with Crippen LogP contribution in [0, 0.1) is 0 Å². The van der Waals surface area contributed by atoms with E-state index in [1.165, 1.54) is 25.7 Å². The van der Waals surface area contributed by atoms with Crippen molar-refractivity contribution < 1.29 is 9.59 Å². The van der Waals surface area contributed by atoms with Gasteiger partial charge in [0.05, 0.1) is 6.54 Å². The van der Waals surface area contributed by atoms with Gasteiger partial charge in [0.2, 0.25) is 5.91 Å². The molecule has 6 heteroatoms. The van der Waals surface area contributed by atoms with Crippen LogP contribution in [0.15, 0.2) is 18.3 Å². The Labute approximate surface area is 181 Å². The van der Waals surface area contributed by atoms with Gasteiger partial charge in [-0.15, -0.1) is 0 Å². The Balaban J connectivity index is 1.44. The number of aryl methyl sites for hydroxylation is 1. The Morgan fingerprint density at radius 1 is 0.933 bits per heavy atom. The van der Waals surface area contributed by atoms with Gasteiger partial charge in [-0.2, -0.15) is 0 Å². The van der Waals surface area contributed by atoms with E-state index in [2.05, 4.69) is 16.0 Å². The van der Waals surface area contributed by atoms with Crippen molar-refractivity contribution in [3.63, 3.8) is 0 Å². The molecule has 3 aliphatic carbocycles. The average molecular weight is 415 g/mol. The lowest BCUT2D eigenvalue weighted by molar-refractivity contribution is -0.133. The lowest BCUT2D eigenvalue weighted by atomic mass is 9.94. The summed E-state index contributed by atoms with van der Waals surface area (Å²) >= 11 is 0. The molecule has 30 heavy (non-hydrogen) atoms. The van der Waals surface area contributed by atoms with Crippen molar-refractivity contribution in [3.05, 3.63) is 24.0 Å². The quantitative estimate of drug-likeness (QED) is 0.727. The van der Waals surface area contributed by atoms with Crippen molar-refractivity contribution in [2.24, 2.45) is 7.05 Å². The Morgan fingerprint density at radius 2 is 1.57 bits per heavy atom. The zero-order valence-corrected chi connectivity index (χ0v) is 18.5. The molecule has 3 amide bonds. The highest BCUT2D eigenvalue weighted by Gasteiger charge is 2.36. The Kier molecular flexibility index (Phi) is 7.00. The minimum atomic E-state index is -0.0169. The van der Waals surface area contributed by atoms with E-state index in [0.29, 0.717) is 12.6 Å².